The summed E-state index contributed by atoms with van der Waals surface area (Å²) in [4.78, 5) is 28.6. The largest absolute Gasteiger partial charge is 0.497 e. The first-order valence-electron chi connectivity index (χ1n) is 13.5. The van der Waals surface area contributed by atoms with Gasteiger partial charge in [0.05, 0.1) is 26.4 Å². The van der Waals surface area contributed by atoms with Crippen LogP contribution in [0.1, 0.15) is 30.9 Å². The minimum absolute atomic E-state index is 0.0989. The maximum absolute atomic E-state index is 12.5. The van der Waals surface area contributed by atoms with Crippen LogP contribution in [0, 0.1) is 0 Å². The summed E-state index contributed by atoms with van der Waals surface area (Å²) in [5.41, 5.74) is 8.84. The molecule has 2 aliphatic heterocycles. The Kier molecular flexibility index (Phi) is 10.8. The SMILES string of the molecule is COc1ccc(COC2[C@@H]([C@@H](CCCN=[N+]=[N-])OCc3ccccc3)OCC2(OC(C)=O)N2C=CC(=O)NC2O)cc1. The molecule has 0 spiro atoms. The molecule has 2 N–H and O–H groups in total. The molecule has 224 valence electrons. The average molecular weight is 582 g/mol. The van der Waals surface area contributed by atoms with Crippen LogP contribution < -0.4 is 10.1 Å². The molecule has 1 saturated heterocycles. The van der Waals surface area contributed by atoms with Gasteiger partial charge in [-0.3, -0.25) is 14.5 Å². The predicted molar refractivity (Wildman–Crippen MR) is 149 cm³/mol. The van der Waals surface area contributed by atoms with Crippen molar-refractivity contribution in [1.29, 1.82) is 0 Å². The second-order valence-electron chi connectivity index (χ2n) is 9.83. The van der Waals surface area contributed by atoms with Crippen molar-refractivity contribution in [3.05, 3.63) is 88.4 Å². The number of methoxy groups -OCH3 is 1. The number of ether oxygens (including phenoxy) is 5. The van der Waals surface area contributed by atoms with Crippen LogP contribution in [0.3, 0.4) is 0 Å². The standard InChI is InChI=1S/C29H35N5O8/c1-20(35)42-29(34-16-14-25(36)32-28(34)37)19-41-26(27(29)40-18-22-10-12-23(38-2)13-11-22)24(9-6-15-31-33-30)39-17-21-7-4-3-5-8-21/h3-5,7-8,10-14,16,24,26-28,37H,6,9,15,17-19H2,1-2H3,(H,32,36)/t24-,26-,27?,28?,29?/m1/s1. The first kappa shape index (κ1) is 30.8. The number of azide groups is 1. The van der Waals surface area contributed by atoms with E-state index in [0.29, 0.717) is 18.6 Å². The molecular weight excluding hydrogens is 546 g/mol. The number of aliphatic hydroxyl groups is 1. The average Bonchev–Trinajstić information content (AvgIpc) is 3.34. The van der Waals surface area contributed by atoms with Crippen molar-refractivity contribution in [2.75, 3.05) is 20.3 Å². The number of esters is 1. The van der Waals surface area contributed by atoms with Gasteiger partial charge in [0.2, 0.25) is 18.0 Å². The van der Waals surface area contributed by atoms with Gasteiger partial charge in [0.15, 0.2) is 0 Å². The number of benzene rings is 2. The van der Waals surface area contributed by atoms with Gasteiger partial charge in [-0.25, -0.2) is 0 Å². The smallest absolute Gasteiger partial charge is 0.304 e. The van der Waals surface area contributed by atoms with E-state index in [1.807, 2.05) is 42.5 Å². The Bertz CT molecular complexity index is 1270. The zero-order valence-corrected chi connectivity index (χ0v) is 23.5. The van der Waals surface area contributed by atoms with Gasteiger partial charge in [0.25, 0.3) is 0 Å². The second kappa shape index (κ2) is 14.7. The predicted octanol–water partition coefficient (Wildman–Crippen LogP) is 3.14. The van der Waals surface area contributed by atoms with E-state index in [9.17, 15) is 14.7 Å². The van der Waals surface area contributed by atoms with E-state index < -0.39 is 42.3 Å². The van der Waals surface area contributed by atoms with E-state index in [0.717, 1.165) is 11.1 Å². The van der Waals surface area contributed by atoms with E-state index in [2.05, 4.69) is 15.3 Å². The minimum atomic E-state index is -1.66. The van der Waals surface area contributed by atoms with Gasteiger partial charge in [-0.1, -0.05) is 47.6 Å². The normalized spacial score (nSPS) is 24.0. The zero-order chi connectivity index (χ0) is 30.0. The number of hydrogen-bond donors (Lipinski definition) is 2. The van der Waals surface area contributed by atoms with Crippen molar-refractivity contribution in [2.24, 2.45) is 5.11 Å². The topological polar surface area (TPSA) is 165 Å². The highest BCUT2D eigenvalue weighted by molar-refractivity contribution is 5.88. The number of amides is 1. The zero-order valence-electron chi connectivity index (χ0n) is 23.5. The lowest BCUT2D eigenvalue weighted by atomic mass is 9.96. The molecule has 0 bridgehead atoms. The van der Waals surface area contributed by atoms with Crippen LogP contribution in [0.25, 0.3) is 10.4 Å². The molecule has 42 heavy (non-hydrogen) atoms. The molecule has 1 amide bonds. The lowest BCUT2D eigenvalue weighted by Crippen LogP contribution is -2.66. The molecule has 5 atom stereocenters. The first-order valence-corrected chi connectivity index (χ1v) is 13.5. The van der Waals surface area contributed by atoms with Crippen molar-refractivity contribution in [1.82, 2.24) is 10.2 Å². The third kappa shape index (κ3) is 7.58. The number of carbonyl (C=O) groups is 2. The molecule has 3 unspecified atom stereocenters. The Morgan fingerprint density at radius 2 is 1.95 bits per heavy atom. The fourth-order valence-electron chi connectivity index (χ4n) is 5.02. The summed E-state index contributed by atoms with van der Waals surface area (Å²) in [5, 5.41) is 16.9. The summed E-state index contributed by atoms with van der Waals surface area (Å²) in [7, 11) is 1.58. The van der Waals surface area contributed by atoms with Crippen molar-refractivity contribution >= 4 is 11.9 Å². The molecule has 2 aliphatic rings. The Hall–Kier alpha value is -4.13. The van der Waals surface area contributed by atoms with Gasteiger partial charge < -0.3 is 34.1 Å². The summed E-state index contributed by atoms with van der Waals surface area (Å²) in [5.74, 6) is -0.466. The van der Waals surface area contributed by atoms with Gasteiger partial charge >= 0.3 is 5.97 Å². The third-order valence-corrected chi connectivity index (χ3v) is 6.98. The van der Waals surface area contributed by atoms with Crippen LogP contribution in [0.2, 0.25) is 0 Å². The number of nitrogens with one attached hydrogen (secondary N) is 1. The van der Waals surface area contributed by atoms with E-state index in [1.165, 1.54) is 24.1 Å². The van der Waals surface area contributed by atoms with Gasteiger partial charge in [-0.2, -0.15) is 0 Å². The van der Waals surface area contributed by atoms with E-state index in [-0.39, 0.29) is 26.4 Å². The number of nitrogens with zero attached hydrogens (tertiary/aromatic N) is 4. The number of carbonyl (C=O) groups excluding carboxylic acids is 2. The van der Waals surface area contributed by atoms with Gasteiger partial charge in [0, 0.05) is 30.7 Å². The molecular formula is C29H35N5O8. The van der Waals surface area contributed by atoms with Crippen LogP contribution >= 0.6 is 0 Å². The van der Waals surface area contributed by atoms with Gasteiger partial charge in [-0.15, -0.1) is 0 Å². The molecule has 1 fully saturated rings. The maximum atomic E-state index is 12.5. The van der Waals surface area contributed by atoms with Crippen LogP contribution in [-0.2, 0) is 41.8 Å². The molecule has 2 aromatic carbocycles. The molecule has 2 aromatic rings. The third-order valence-electron chi connectivity index (χ3n) is 6.98. The molecule has 13 heteroatoms. The lowest BCUT2D eigenvalue weighted by molar-refractivity contribution is -0.233. The molecule has 2 heterocycles. The quantitative estimate of drug-likeness (QED) is 0.112. The summed E-state index contributed by atoms with van der Waals surface area (Å²) in [6, 6.07) is 16.9. The van der Waals surface area contributed by atoms with Crippen LogP contribution in [0.4, 0.5) is 0 Å². The monoisotopic (exact) mass is 581 g/mol. The summed E-state index contributed by atoms with van der Waals surface area (Å²) >= 11 is 0. The van der Waals surface area contributed by atoms with E-state index in [1.54, 1.807) is 19.2 Å². The van der Waals surface area contributed by atoms with E-state index in [4.69, 9.17) is 29.2 Å². The van der Waals surface area contributed by atoms with Gasteiger partial charge in [0.1, 0.15) is 24.6 Å². The number of rotatable bonds is 14. The highest BCUT2D eigenvalue weighted by Gasteiger charge is 2.60. The van der Waals surface area contributed by atoms with Crippen molar-refractivity contribution in [2.45, 2.75) is 63.4 Å². The molecule has 4 rings (SSSR count). The molecule has 0 radical (unpaired) electrons. The first-order chi connectivity index (χ1) is 20.4. The number of hydrogen-bond acceptors (Lipinski definition) is 10. The molecule has 0 saturated carbocycles. The molecule has 0 aromatic heterocycles. The second-order valence-corrected chi connectivity index (χ2v) is 9.83. The lowest BCUT2D eigenvalue weighted by Gasteiger charge is -2.46. The Morgan fingerprint density at radius 3 is 2.62 bits per heavy atom. The fraction of sp³-hybridized carbons (Fsp3) is 0.448. The van der Waals surface area contributed by atoms with Crippen LogP contribution in [-0.4, -0.2) is 72.5 Å². The van der Waals surface area contributed by atoms with Crippen LogP contribution in [0.5, 0.6) is 5.75 Å². The highest BCUT2D eigenvalue weighted by atomic mass is 16.7. The van der Waals surface area contributed by atoms with Crippen molar-refractivity contribution in [3.8, 4) is 5.75 Å². The van der Waals surface area contributed by atoms with Crippen molar-refractivity contribution < 1.29 is 38.4 Å². The Morgan fingerprint density at radius 1 is 1.21 bits per heavy atom. The maximum Gasteiger partial charge on any atom is 0.304 e. The molecule has 13 nitrogen and oxygen atoms in total. The van der Waals surface area contributed by atoms with Gasteiger partial charge in [-0.05, 0) is 41.6 Å². The number of aliphatic hydroxyl groups excluding tert-OH is 1. The Balaban J connectivity index is 1.69. The summed E-state index contributed by atoms with van der Waals surface area (Å²) < 4.78 is 30.3. The summed E-state index contributed by atoms with van der Waals surface area (Å²) in [6.45, 7) is 1.67. The summed E-state index contributed by atoms with van der Waals surface area (Å²) in [6.07, 6.45) is -0.378. The van der Waals surface area contributed by atoms with Crippen LogP contribution in [0.15, 0.2) is 72.0 Å². The fourth-order valence-corrected chi connectivity index (χ4v) is 5.02. The minimum Gasteiger partial charge on any atom is -0.497 e. The Labute approximate surface area is 243 Å². The molecule has 0 aliphatic carbocycles. The van der Waals surface area contributed by atoms with Crippen molar-refractivity contribution in [3.63, 3.8) is 0 Å². The highest BCUT2D eigenvalue weighted by Crippen LogP contribution is 2.40. The van der Waals surface area contributed by atoms with E-state index >= 15 is 0 Å².